The zero-order valence-electron chi connectivity index (χ0n) is 9.83. The smallest absolute Gasteiger partial charge is 0.245 e. The van der Waals surface area contributed by atoms with Crippen LogP contribution in [0.15, 0.2) is 24.3 Å². The van der Waals surface area contributed by atoms with Crippen LogP contribution in [0, 0.1) is 11.3 Å². The first kappa shape index (κ1) is 11.3. The van der Waals surface area contributed by atoms with E-state index in [0.29, 0.717) is 12.4 Å². The molecule has 1 aromatic carbocycles. The number of rotatable bonds is 3. The van der Waals surface area contributed by atoms with Crippen LogP contribution in [0.2, 0.25) is 0 Å². The van der Waals surface area contributed by atoms with Crippen molar-refractivity contribution in [2.75, 3.05) is 11.9 Å². The van der Waals surface area contributed by atoms with Crippen molar-refractivity contribution < 1.29 is 0 Å². The van der Waals surface area contributed by atoms with Crippen molar-refractivity contribution in [3.63, 3.8) is 0 Å². The molecule has 0 saturated heterocycles. The Morgan fingerprint density at radius 2 is 2.00 bits per heavy atom. The molecule has 86 valence electrons. The van der Waals surface area contributed by atoms with Gasteiger partial charge in [-0.05, 0) is 19.1 Å². The maximum Gasteiger partial charge on any atom is 0.245 e. The van der Waals surface area contributed by atoms with Gasteiger partial charge in [0, 0.05) is 13.1 Å². The molecule has 5 nitrogen and oxygen atoms in total. The second kappa shape index (κ2) is 4.74. The molecule has 1 unspecified atom stereocenters. The highest BCUT2D eigenvalue weighted by Crippen LogP contribution is 2.14. The van der Waals surface area contributed by atoms with Gasteiger partial charge in [0.15, 0.2) is 0 Å². The Hall–Kier alpha value is -2.22. The normalized spacial score (nSPS) is 12.1. The largest absolute Gasteiger partial charge is 0.339 e. The lowest BCUT2D eigenvalue weighted by molar-refractivity contribution is 0.678. The van der Waals surface area contributed by atoms with Gasteiger partial charge in [-0.25, -0.2) is 4.98 Å². The van der Waals surface area contributed by atoms with Crippen LogP contribution < -0.4 is 4.90 Å². The van der Waals surface area contributed by atoms with E-state index in [-0.39, 0.29) is 6.04 Å². The first-order chi connectivity index (χ1) is 8.22. The van der Waals surface area contributed by atoms with Crippen LogP contribution in [-0.4, -0.2) is 28.3 Å². The molecule has 5 heteroatoms. The van der Waals surface area contributed by atoms with Crippen LogP contribution in [0.3, 0.4) is 0 Å². The summed E-state index contributed by atoms with van der Waals surface area (Å²) in [4.78, 5) is 6.29. The molecule has 0 fully saturated rings. The fraction of sp³-hybridized carbons (Fsp3) is 0.333. The summed E-state index contributed by atoms with van der Waals surface area (Å²) in [5.74, 6) is 0.548. The Morgan fingerprint density at radius 3 is 2.71 bits per heavy atom. The molecule has 1 aromatic heterocycles. The summed E-state index contributed by atoms with van der Waals surface area (Å²) < 4.78 is 0. The number of para-hydroxylation sites is 1. The molecule has 0 aliphatic rings. The number of benzene rings is 1. The Balaban J connectivity index is 2.33. The molecule has 0 N–H and O–H groups in total. The molecule has 0 saturated carbocycles. The molecule has 1 atom stereocenters. The fourth-order valence-corrected chi connectivity index (χ4v) is 1.49. The second-order valence-electron chi connectivity index (χ2n) is 3.92. The number of anilines is 1. The molecule has 0 aliphatic carbocycles. The monoisotopic (exact) mass is 227 g/mol. The highest BCUT2D eigenvalue weighted by Gasteiger charge is 2.13. The van der Waals surface area contributed by atoms with E-state index >= 15 is 0 Å². The number of aromatic nitrogens is 3. The van der Waals surface area contributed by atoms with Gasteiger partial charge >= 0.3 is 0 Å². The predicted molar refractivity (Wildman–Crippen MR) is 65.4 cm³/mol. The summed E-state index contributed by atoms with van der Waals surface area (Å²) in [7, 11) is 1.87. The highest BCUT2D eigenvalue weighted by atomic mass is 15.3. The van der Waals surface area contributed by atoms with Crippen LogP contribution in [-0.2, 0) is 0 Å². The van der Waals surface area contributed by atoms with Crippen molar-refractivity contribution in [2.45, 2.75) is 19.4 Å². The SMILES string of the molecule is CC(CC#N)N(C)c1nnc2ccccc2n1. The fourth-order valence-electron chi connectivity index (χ4n) is 1.49. The summed E-state index contributed by atoms with van der Waals surface area (Å²) in [6.45, 7) is 1.96. The van der Waals surface area contributed by atoms with Crippen molar-refractivity contribution in [2.24, 2.45) is 0 Å². The van der Waals surface area contributed by atoms with E-state index < -0.39 is 0 Å². The first-order valence-corrected chi connectivity index (χ1v) is 5.41. The second-order valence-corrected chi connectivity index (χ2v) is 3.92. The third-order valence-electron chi connectivity index (χ3n) is 2.71. The van der Waals surface area contributed by atoms with Crippen LogP contribution in [0.25, 0.3) is 11.0 Å². The van der Waals surface area contributed by atoms with E-state index in [9.17, 15) is 0 Å². The average Bonchev–Trinajstić information content (AvgIpc) is 2.37. The van der Waals surface area contributed by atoms with Crippen LogP contribution >= 0.6 is 0 Å². The molecule has 0 radical (unpaired) electrons. The summed E-state index contributed by atoms with van der Waals surface area (Å²) in [5, 5.41) is 16.8. The van der Waals surface area contributed by atoms with E-state index in [1.54, 1.807) is 0 Å². The molecule has 17 heavy (non-hydrogen) atoms. The first-order valence-electron chi connectivity index (χ1n) is 5.41. The summed E-state index contributed by atoms with van der Waals surface area (Å²) in [6.07, 6.45) is 0.437. The molecule has 1 heterocycles. The summed E-state index contributed by atoms with van der Waals surface area (Å²) in [5.41, 5.74) is 1.59. The Kier molecular flexibility index (Phi) is 3.15. The lowest BCUT2D eigenvalue weighted by atomic mass is 10.2. The predicted octanol–water partition coefficient (Wildman–Crippen LogP) is 1.76. The third kappa shape index (κ3) is 2.31. The molecule has 0 spiro atoms. The lowest BCUT2D eigenvalue weighted by Gasteiger charge is -2.22. The van der Waals surface area contributed by atoms with Gasteiger partial charge < -0.3 is 4.90 Å². The maximum absolute atomic E-state index is 8.67. The number of nitrogens with zero attached hydrogens (tertiary/aromatic N) is 5. The van der Waals surface area contributed by atoms with Crippen LogP contribution in [0.4, 0.5) is 5.95 Å². The van der Waals surface area contributed by atoms with E-state index in [1.807, 2.05) is 43.1 Å². The van der Waals surface area contributed by atoms with Crippen molar-refractivity contribution >= 4 is 17.0 Å². The Bertz CT molecular complexity index is 560. The minimum absolute atomic E-state index is 0.0722. The van der Waals surface area contributed by atoms with Gasteiger partial charge in [0.1, 0.15) is 5.52 Å². The van der Waals surface area contributed by atoms with Gasteiger partial charge in [-0.3, -0.25) is 0 Å². The van der Waals surface area contributed by atoms with E-state index in [4.69, 9.17) is 5.26 Å². The molecule has 2 aromatic rings. The Morgan fingerprint density at radius 1 is 1.29 bits per heavy atom. The van der Waals surface area contributed by atoms with Crippen molar-refractivity contribution in [1.29, 1.82) is 5.26 Å². The number of hydrogen-bond acceptors (Lipinski definition) is 5. The number of nitriles is 1. The molecule has 0 amide bonds. The van der Waals surface area contributed by atoms with Crippen molar-refractivity contribution in [1.82, 2.24) is 15.2 Å². The van der Waals surface area contributed by atoms with Crippen LogP contribution in [0.5, 0.6) is 0 Å². The molecule has 2 rings (SSSR count). The van der Waals surface area contributed by atoms with E-state index in [2.05, 4.69) is 21.3 Å². The van der Waals surface area contributed by atoms with Gasteiger partial charge in [-0.15, -0.1) is 10.2 Å². The van der Waals surface area contributed by atoms with Crippen LogP contribution in [0.1, 0.15) is 13.3 Å². The molecular weight excluding hydrogens is 214 g/mol. The highest BCUT2D eigenvalue weighted by molar-refractivity contribution is 5.74. The van der Waals surface area contributed by atoms with Gasteiger partial charge in [-0.1, -0.05) is 12.1 Å². The number of fused-ring (bicyclic) bond motifs is 1. The lowest BCUT2D eigenvalue weighted by Crippen LogP contribution is -2.30. The molecular formula is C12H13N5. The van der Waals surface area contributed by atoms with Crippen molar-refractivity contribution in [3.05, 3.63) is 24.3 Å². The quantitative estimate of drug-likeness (QED) is 0.799. The van der Waals surface area contributed by atoms with E-state index in [1.165, 1.54) is 0 Å². The summed E-state index contributed by atoms with van der Waals surface area (Å²) in [6, 6.07) is 9.80. The topological polar surface area (TPSA) is 65.7 Å². The number of hydrogen-bond donors (Lipinski definition) is 0. The van der Waals surface area contributed by atoms with E-state index in [0.717, 1.165) is 11.0 Å². The minimum Gasteiger partial charge on any atom is -0.339 e. The zero-order chi connectivity index (χ0) is 12.3. The Labute approximate surface area is 99.7 Å². The van der Waals surface area contributed by atoms with Gasteiger partial charge in [0.2, 0.25) is 5.95 Å². The third-order valence-corrected chi connectivity index (χ3v) is 2.71. The maximum atomic E-state index is 8.67. The van der Waals surface area contributed by atoms with Gasteiger partial charge in [-0.2, -0.15) is 5.26 Å². The van der Waals surface area contributed by atoms with Crippen molar-refractivity contribution in [3.8, 4) is 6.07 Å². The van der Waals surface area contributed by atoms with Gasteiger partial charge in [0.05, 0.1) is 18.0 Å². The molecule has 0 aliphatic heterocycles. The minimum atomic E-state index is 0.0722. The molecule has 0 bridgehead atoms. The zero-order valence-corrected chi connectivity index (χ0v) is 9.83. The van der Waals surface area contributed by atoms with Gasteiger partial charge in [0.25, 0.3) is 0 Å². The summed E-state index contributed by atoms with van der Waals surface area (Å²) >= 11 is 0. The standard InChI is InChI=1S/C12H13N5/c1-9(7-8-13)17(2)12-14-10-5-3-4-6-11(10)15-16-12/h3-6,9H,7H2,1-2H3. The average molecular weight is 227 g/mol.